The van der Waals surface area contributed by atoms with Crippen molar-refractivity contribution in [2.75, 3.05) is 18.5 Å². The second-order valence-electron chi connectivity index (χ2n) is 9.08. The van der Waals surface area contributed by atoms with Crippen molar-refractivity contribution in [1.29, 1.82) is 0 Å². The van der Waals surface area contributed by atoms with Crippen LogP contribution in [-0.4, -0.2) is 52.6 Å². The summed E-state index contributed by atoms with van der Waals surface area (Å²) >= 11 is 0. The van der Waals surface area contributed by atoms with Crippen molar-refractivity contribution in [3.05, 3.63) is 47.3 Å². The first-order valence-corrected chi connectivity index (χ1v) is 10.9. The van der Waals surface area contributed by atoms with E-state index in [-0.39, 0.29) is 29.4 Å². The lowest BCUT2D eigenvalue weighted by molar-refractivity contribution is -0.117. The maximum Gasteiger partial charge on any atom is 0.253 e. The van der Waals surface area contributed by atoms with Crippen LogP contribution in [0, 0.1) is 0 Å². The Morgan fingerprint density at radius 1 is 1.29 bits per heavy atom. The maximum absolute atomic E-state index is 12.8. The Kier molecular flexibility index (Phi) is 4.02. The van der Waals surface area contributed by atoms with Crippen molar-refractivity contribution in [1.82, 2.24) is 20.6 Å². The van der Waals surface area contributed by atoms with E-state index >= 15 is 0 Å². The van der Waals surface area contributed by atoms with Gasteiger partial charge in [0.25, 0.3) is 5.91 Å². The molecule has 6 rings (SSSR count). The molecule has 4 heterocycles. The highest BCUT2D eigenvalue weighted by Gasteiger charge is 2.49. The van der Waals surface area contributed by atoms with Crippen molar-refractivity contribution in [2.45, 2.75) is 49.7 Å². The molecular formula is C23H25N5O3. The molecule has 4 aliphatic rings. The number of aryl methyl sites for hydroxylation is 1. The van der Waals surface area contributed by atoms with Crippen LogP contribution in [0.1, 0.15) is 40.0 Å². The van der Waals surface area contributed by atoms with Crippen LogP contribution in [0.25, 0.3) is 11.3 Å². The number of fused-ring (bicyclic) bond motifs is 5. The van der Waals surface area contributed by atoms with Gasteiger partial charge < -0.3 is 25.7 Å². The highest BCUT2D eigenvalue weighted by Crippen LogP contribution is 2.45. The maximum atomic E-state index is 12.8. The average Bonchev–Trinajstić information content (AvgIpc) is 3.17. The number of ether oxygens (including phenoxy) is 1. The van der Waals surface area contributed by atoms with Gasteiger partial charge in [-0.2, -0.15) is 0 Å². The van der Waals surface area contributed by atoms with Gasteiger partial charge in [0.2, 0.25) is 5.91 Å². The SMILES string of the molecule is C=CC(=O)N[C@@H]1COC[C@@H]1Nc1cc2c(cn1)CCc1c-2[nH]c2c1C(=O)NC1(CC1)C2. The molecular weight excluding hydrogens is 394 g/mol. The predicted octanol–water partition coefficient (Wildman–Crippen LogP) is 1.48. The van der Waals surface area contributed by atoms with Gasteiger partial charge in [-0.05, 0) is 49.0 Å². The molecule has 0 unspecified atom stereocenters. The lowest BCUT2D eigenvalue weighted by Gasteiger charge is -2.24. The minimum absolute atomic E-state index is 0.0152. The summed E-state index contributed by atoms with van der Waals surface area (Å²) in [4.78, 5) is 32.7. The summed E-state index contributed by atoms with van der Waals surface area (Å²) in [6.45, 7) is 4.45. The number of pyridine rings is 1. The number of anilines is 1. The molecule has 1 saturated heterocycles. The third-order valence-electron chi connectivity index (χ3n) is 6.98. The fraction of sp³-hybridized carbons (Fsp3) is 0.435. The molecule has 2 aliphatic carbocycles. The van der Waals surface area contributed by atoms with Gasteiger partial charge in [0, 0.05) is 29.4 Å². The van der Waals surface area contributed by atoms with Crippen LogP contribution in [0.2, 0.25) is 0 Å². The molecule has 2 aromatic heterocycles. The van der Waals surface area contributed by atoms with Crippen molar-refractivity contribution < 1.29 is 14.3 Å². The Bertz CT molecular complexity index is 1120. The zero-order chi connectivity index (χ0) is 21.2. The second-order valence-corrected chi connectivity index (χ2v) is 9.08. The molecule has 0 radical (unpaired) electrons. The summed E-state index contributed by atoms with van der Waals surface area (Å²) in [5, 5.41) is 9.55. The Morgan fingerprint density at radius 3 is 2.94 bits per heavy atom. The normalized spacial score (nSPS) is 24.6. The molecule has 2 aromatic rings. The van der Waals surface area contributed by atoms with Crippen LogP contribution in [0.4, 0.5) is 5.82 Å². The van der Waals surface area contributed by atoms with Crippen LogP contribution in [0.15, 0.2) is 24.9 Å². The minimum atomic E-state index is -0.214. The van der Waals surface area contributed by atoms with Gasteiger partial charge in [-0.3, -0.25) is 9.59 Å². The number of aromatic amines is 1. The third kappa shape index (κ3) is 3.05. The number of carbonyl (C=O) groups is 2. The van der Waals surface area contributed by atoms with Gasteiger partial charge in [-0.25, -0.2) is 4.98 Å². The van der Waals surface area contributed by atoms with E-state index in [9.17, 15) is 9.59 Å². The summed E-state index contributed by atoms with van der Waals surface area (Å²) in [5.41, 5.74) is 6.34. The zero-order valence-corrected chi connectivity index (χ0v) is 17.2. The van der Waals surface area contributed by atoms with E-state index in [0.717, 1.165) is 66.0 Å². The van der Waals surface area contributed by atoms with E-state index < -0.39 is 0 Å². The number of nitrogens with zero attached hydrogens (tertiary/aromatic N) is 1. The van der Waals surface area contributed by atoms with Crippen molar-refractivity contribution in [2.24, 2.45) is 0 Å². The van der Waals surface area contributed by atoms with Gasteiger partial charge in [0.15, 0.2) is 0 Å². The number of hydrogen-bond donors (Lipinski definition) is 4. The first kappa shape index (κ1) is 18.6. The molecule has 4 N–H and O–H groups in total. The highest BCUT2D eigenvalue weighted by atomic mass is 16.5. The van der Waals surface area contributed by atoms with Gasteiger partial charge in [-0.1, -0.05) is 6.58 Å². The number of nitrogens with one attached hydrogen (secondary N) is 4. The van der Waals surface area contributed by atoms with E-state index in [1.54, 1.807) is 0 Å². The quantitative estimate of drug-likeness (QED) is 0.562. The molecule has 8 nitrogen and oxygen atoms in total. The van der Waals surface area contributed by atoms with E-state index in [0.29, 0.717) is 13.2 Å². The molecule has 31 heavy (non-hydrogen) atoms. The molecule has 8 heteroatoms. The molecule has 2 aliphatic heterocycles. The summed E-state index contributed by atoms with van der Waals surface area (Å²) in [7, 11) is 0. The van der Waals surface area contributed by atoms with E-state index in [1.807, 2.05) is 12.3 Å². The molecule has 2 fully saturated rings. The molecule has 0 bridgehead atoms. The molecule has 1 spiro atoms. The van der Waals surface area contributed by atoms with Crippen molar-refractivity contribution in [3.63, 3.8) is 0 Å². The Labute approximate surface area is 179 Å². The Balaban J connectivity index is 1.30. The number of rotatable bonds is 4. The van der Waals surface area contributed by atoms with Crippen LogP contribution < -0.4 is 16.0 Å². The van der Waals surface area contributed by atoms with Gasteiger partial charge in [-0.15, -0.1) is 0 Å². The predicted molar refractivity (Wildman–Crippen MR) is 115 cm³/mol. The van der Waals surface area contributed by atoms with Crippen LogP contribution in [0.3, 0.4) is 0 Å². The molecule has 2 atom stereocenters. The largest absolute Gasteiger partial charge is 0.377 e. The summed E-state index contributed by atoms with van der Waals surface area (Å²) in [6, 6.07) is 1.83. The molecule has 160 valence electrons. The van der Waals surface area contributed by atoms with E-state index in [2.05, 4.69) is 32.5 Å². The van der Waals surface area contributed by atoms with E-state index in [4.69, 9.17) is 4.74 Å². The van der Waals surface area contributed by atoms with Crippen molar-refractivity contribution >= 4 is 17.6 Å². The second kappa shape index (κ2) is 6.68. The third-order valence-corrected chi connectivity index (χ3v) is 6.98. The highest BCUT2D eigenvalue weighted by molar-refractivity contribution is 6.01. The minimum Gasteiger partial charge on any atom is -0.377 e. The standard InChI is InChI=1S/C23H25N5O3/c1-2-19(29)26-17-11-31-10-16(17)25-18-7-14-12(9-24-18)3-4-13-20-15(27-21(13)14)8-23(5-6-23)28-22(20)30/h2,7,9,16-17,27H,1,3-6,8,10-11H2,(H,24,25)(H,26,29)(H,28,30)/t16-,17+/m0/s1. The number of carbonyl (C=O) groups excluding carboxylic acids is 2. The van der Waals surface area contributed by atoms with Gasteiger partial charge in [0.05, 0.1) is 36.6 Å². The van der Waals surface area contributed by atoms with Crippen LogP contribution in [0.5, 0.6) is 0 Å². The molecule has 1 saturated carbocycles. The van der Waals surface area contributed by atoms with Crippen LogP contribution >= 0.6 is 0 Å². The topological polar surface area (TPSA) is 108 Å². The fourth-order valence-corrected chi connectivity index (χ4v) is 5.15. The Morgan fingerprint density at radius 2 is 2.13 bits per heavy atom. The Hall–Kier alpha value is -3.13. The van der Waals surface area contributed by atoms with Gasteiger partial charge >= 0.3 is 0 Å². The smallest absolute Gasteiger partial charge is 0.253 e. The molecule has 0 aromatic carbocycles. The lowest BCUT2D eigenvalue weighted by atomic mass is 9.87. The summed E-state index contributed by atoms with van der Waals surface area (Å²) in [6.07, 6.45) is 7.89. The summed E-state index contributed by atoms with van der Waals surface area (Å²) < 4.78 is 5.56. The fourth-order valence-electron chi connectivity index (χ4n) is 5.15. The number of hydrogen-bond acceptors (Lipinski definition) is 5. The molecule has 2 amide bonds. The van der Waals surface area contributed by atoms with E-state index in [1.165, 1.54) is 11.6 Å². The number of aromatic nitrogens is 2. The average molecular weight is 419 g/mol. The lowest BCUT2D eigenvalue weighted by Crippen LogP contribution is -2.45. The monoisotopic (exact) mass is 419 g/mol. The van der Waals surface area contributed by atoms with Crippen LogP contribution in [-0.2, 0) is 28.8 Å². The first-order chi connectivity index (χ1) is 15.0. The zero-order valence-electron chi connectivity index (χ0n) is 17.2. The number of amides is 2. The summed E-state index contributed by atoms with van der Waals surface area (Å²) in [5.74, 6) is 0.584. The first-order valence-electron chi connectivity index (χ1n) is 10.9. The number of H-pyrrole nitrogens is 1. The van der Waals surface area contributed by atoms with Gasteiger partial charge in [0.1, 0.15) is 5.82 Å². The van der Waals surface area contributed by atoms with Crippen molar-refractivity contribution in [3.8, 4) is 11.3 Å².